The Kier molecular flexibility index (Phi) is 4.70. The summed E-state index contributed by atoms with van der Waals surface area (Å²) < 4.78 is 28.9. The summed E-state index contributed by atoms with van der Waals surface area (Å²) >= 11 is 0. The van der Waals surface area contributed by atoms with Gasteiger partial charge in [-0.3, -0.25) is 9.59 Å². The van der Waals surface area contributed by atoms with Crippen molar-refractivity contribution in [3.05, 3.63) is 35.9 Å². The number of alkyl halides is 2. The maximum absolute atomic E-state index is 14.4. The fraction of sp³-hybridized carbons (Fsp3) is 0.500. The molecule has 0 aromatic heterocycles. The second kappa shape index (κ2) is 6.23. The summed E-state index contributed by atoms with van der Waals surface area (Å²) in [5.74, 6) is -6.42. The van der Waals surface area contributed by atoms with Gasteiger partial charge >= 0.3 is 5.92 Å². The number of nitrogens with zero attached hydrogens (tertiary/aromatic N) is 1. The summed E-state index contributed by atoms with van der Waals surface area (Å²) in [4.78, 5) is 24.3. The third-order valence-corrected chi connectivity index (χ3v) is 4.37. The molecule has 1 fully saturated rings. The predicted octanol–water partition coefficient (Wildman–Crippen LogP) is 1.61. The molecule has 1 saturated carbocycles. The van der Waals surface area contributed by atoms with E-state index in [1.54, 1.807) is 30.3 Å². The Labute approximate surface area is 133 Å². The van der Waals surface area contributed by atoms with Crippen LogP contribution in [0.25, 0.3) is 0 Å². The number of halogens is 2. The number of primary amides is 1. The van der Waals surface area contributed by atoms with Gasteiger partial charge in [0.25, 0.3) is 5.91 Å². The van der Waals surface area contributed by atoms with Crippen molar-refractivity contribution in [1.82, 2.24) is 4.90 Å². The summed E-state index contributed by atoms with van der Waals surface area (Å²) in [6, 6.07) is 7.73. The molecule has 0 bridgehead atoms. The van der Waals surface area contributed by atoms with Crippen LogP contribution in [0.3, 0.4) is 0 Å². The SMILES string of the molecule is C[C@H](c1ccccc1)N(CC(N)=O)C(=O)C(F)(F)C1(O)CCC1. The Balaban J connectivity index is 2.31. The lowest BCUT2D eigenvalue weighted by Crippen LogP contribution is -2.62. The van der Waals surface area contributed by atoms with Crippen molar-refractivity contribution in [1.29, 1.82) is 0 Å². The van der Waals surface area contributed by atoms with Crippen molar-refractivity contribution in [2.75, 3.05) is 6.54 Å². The number of rotatable bonds is 6. The summed E-state index contributed by atoms with van der Waals surface area (Å²) in [5, 5.41) is 9.93. The highest BCUT2D eigenvalue weighted by Crippen LogP contribution is 2.45. The molecule has 1 aromatic carbocycles. The van der Waals surface area contributed by atoms with Crippen LogP contribution < -0.4 is 5.73 Å². The van der Waals surface area contributed by atoms with Gasteiger partial charge < -0.3 is 15.7 Å². The summed E-state index contributed by atoms with van der Waals surface area (Å²) in [7, 11) is 0. The highest BCUT2D eigenvalue weighted by molar-refractivity contribution is 5.89. The van der Waals surface area contributed by atoms with E-state index in [0.29, 0.717) is 12.0 Å². The normalized spacial score (nSPS) is 17.9. The maximum atomic E-state index is 14.4. The minimum atomic E-state index is -3.95. The summed E-state index contributed by atoms with van der Waals surface area (Å²) in [5.41, 5.74) is 3.36. The molecule has 2 amide bonds. The number of hydrogen-bond acceptors (Lipinski definition) is 3. The number of carbonyl (C=O) groups is 2. The van der Waals surface area contributed by atoms with E-state index in [0.717, 1.165) is 4.90 Å². The molecule has 3 N–H and O–H groups in total. The molecule has 126 valence electrons. The van der Waals surface area contributed by atoms with E-state index >= 15 is 0 Å². The van der Waals surface area contributed by atoms with Gasteiger partial charge in [-0.2, -0.15) is 8.78 Å². The highest BCUT2D eigenvalue weighted by atomic mass is 19.3. The van der Waals surface area contributed by atoms with Gasteiger partial charge in [0, 0.05) is 0 Å². The number of carbonyl (C=O) groups excluding carboxylic acids is 2. The lowest BCUT2D eigenvalue weighted by atomic mass is 9.75. The summed E-state index contributed by atoms with van der Waals surface area (Å²) in [6.45, 7) is 0.900. The first-order valence-electron chi connectivity index (χ1n) is 7.43. The molecule has 0 spiro atoms. The third kappa shape index (κ3) is 3.19. The van der Waals surface area contributed by atoms with Crippen LogP contribution in [0.2, 0.25) is 0 Å². The van der Waals surface area contributed by atoms with Crippen LogP contribution in [0.5, 0.6) is 0 Å². The lowest BCUT2D eigenvalue weighted by molar-refractivity contribution is -0.224. The van der Waals surface area contributed by atoms with Crippen LogP contribution in [0.15, 0.2) is 30.3 Å². The number of hydrogen-bond donors (Lipinski definition) is 2. The van der Waals surface area contributed by atoms with Gasteiger partial charge in [-0.05, 0) is 31.7 Å². The smallest absolute Gasteiger partial charge is 0.352 e. The fourth-order valence-electron chi connectivity index (χ4n) is 2.67. The zero-order valence-corrected chi connectivity index (χ0v) is 12.8. The van der Waals surface area contributed by atoms with E-state index in [2.05, 4.69) is 0 Å². The Morgan fingerprint density at radius 3 is 2.35 bits per heavy atom. The molecule has 1 aliphatic rings. The number of aliphatic hydroxyl groups is 1. The lowest BCUT2D eigenvalue weighted by Gasteiger charge is -2.44. The third-order valence-electron chi connectivity index (χ3n) is 4.37. The average Bonchev–Trinajstić information content (AvgIpc) is 2.49. The first-order chi connectivity index (χ1) is 10.7. The summed E-state index contributed by atoms with van der Waals surface area (Å²) in [6.07, 6.45) is 0.148. The van der Waals surface area contributed by atoms with Crippen molar-refractivity contribution in [2.45, 2.75) is 43.8 Å². The van der Waals surface area contributed by atoms with Crippen LogP contribution in [-0.2, 0) is 9.59 Å². The maximum Gasteiger partial charge on any atom is 0.352 e. The van der Waals surface area contributed by atoms with E-state index in [-0.39, 0.29) is 12.8 Å². The first kappa shape index (κ1) is 17.3. The van der Waals surface area contributed by atoms with Crippen LogP contribution in [0.4, 0.5) is 8.78 Å². The molecule has 1 aliphatic carbocycles. The Morgan fingerprint density at radius 1 is 1.35 bits per heavy atom. The second-order valence-electron chi connectivity index (χ2n) is 5.95. The highest BCUT2D eigenvalue weighted by Gasteiger charge is 2.62. The van der Waals surface area contributed by atoms with Crippen molar-refractivity contribution >= 4 is 11.8 Å². The molecule has 1 aromatic rings. The van der Waals surface area contributed by atoms with Gasteiger partial charge in [0.2, 0.25) is 5.91 Å². The van der Waals surface area contributed by atoms with Crippen LogP contribution >= 0.6 is 0 Å². The monoisotopic (exact) mass is 326 g/mol. The van der Waals surface area contributed by atoms with Gasteiger partial charge in [-0.15, -0.1) is 0 Å². The van der Waals surface area contributed by atoms with E-state index < -0.39 is 35.9 Å². The minimum Gasteiger partial charge on any atom is -0.383 e. The Hall–Kier alpha value is -2.02. The van der Waals surface area contributed by atoms with Gasteiger partial charge in [-0.1, -0.05) is 30.3 Å². The van der Waals surface area contributed by atoms with E-state index in [1.807, 2.05) is 0 Å². The van der Waals surface area contributed by atoms with Crippen molar-refractivity contribution < 1.29 is 23.5 Å². The number of benzene rings is 1. The van der Waals surface area contributed by atoms with Crippen molar-refractivity contribution in [3.8, 4) is 0 Å². The zero-order chi connectivity index (χ0) is 17.3. The first-order valence-corrected chi connectivity index (χ1v) is 7.43. The number of amides is 2. The van der Waals surface area contributed by atoms with Crippen LogP contribution in [-0.4, -0.2) is 39.9 Å². The Morgan fingerprint density at radius 2 is 1.91 bits per heavy atom. The average molecular weight is 326 g/mol. The molecule has 0 unspecified atom stereocenters. The van der Waals surface area contributed by atoms with Gasteiger partial charge in [0.1, 0.15) is 12.1 Å². The molecular weight excluding hydrogens is 306 g/mol. The second-order valence-corrected chi connectivity index (χ2v) is 5.95. The van der Waals surface area contributed by atoms with E-state index in [1.165, 1.54) is 6.92 Å². The molecule has 0 saturated heterocycles. The molecule has 0 aliphatic heterocycles. The molecule has 7 heteroatoms. The van der Waals surface area contributed by atoms with E-state index in [4.69, 9.17) is 5.73 Å². The molecule has 0 radical (unpaired) electrons. The zero-order valence-electron chi connectivity index (χ0n) is 12.8. The molecule has 1 atom stereocenters. The Bertz CT molecular complexity index is 588. The van der Waals surface area contributed by atoms with E-state index in [9.17, 15) is 23.5 Å². The largest absolute Gasteiger partial charge is 0.383 e. The minimum absolute atomic E-state index is 0.143. The van der Waals surface area contributed by atoms with Crippen LogP contribution in [0, 0.1) is 0 Å². The molecule has 23 heavy (non-hydrogen) atoms. The topological polar surface area (TPSA) is 83.6 Å². The van der Waals surface area contributed by atoms with Gasteiger partial charge in [-0.25, -0.2) is 0 Å². The van der Waals surface area contributed by atoms with Crippen molar-refractivity contribution in [3.63, 3.8) is 0 Å². The quantitative estimate of drug-likeness (QED) is 0.833. The molecule has 5 nitrogen and oxygen atoms in total. The van der Waals surface area contributed by atoms with Gasteiger partial charge in [0.15, 0.2) is 0 Å². The molecule has 0 heterocycles. The molecular formula is C16H20F2N2O3. The predicted molar refractivity (Wildman–Crippen MR) is 79.5 cm³/mol. The standard InChI is InChI=1S/C16H20F2N2O3/c1-11(12-6-3-2-4-7-12)20(10-13(19)21)14(22)16(17,18)15(23)8-5-9-15/h2-4,6-7,11,23H,5,8-10H2,1H3,(H2,19,21)/t11-/m1/s1. The molecule has 2 rings (SSSR count). The van der Waals surface area contributed by atoms with Crippen LogP contribution in [0.1, 0.15) is 37.8 Å². The number of nitrogens with two attached hydrogens (primary N) is 1. The fourth-order valence-corrected chi connectivity index (χ4v) is 2.67. The van der Waals surface area contributed by atoms with Crippen molar-refractivity contribution in [2.24, 2.45) is 5.73 Å². The van der Waals surface area contributed by atoms with Gasteiger partial charge in [0.05, 0.1) is 6.04 Å².